The maximum atomic E-state index is 12.7. The molecule has 0 N–H and O–H groups in total. The molecule has 19 heavy (non-hydrogen) atoms. The molecule has 1 unspecified atom stereocenters. The van der Waals surface area contributed by atoms with Crippen LogP contribution in [0.3, 0.4) is 0 Å². The van der Waals surface area contributed by atoms with Gasteiger partial charge in [-0.1, -0.05) is 6.92 Å². The molecule has 1 aromatic heterocycles. The summed E-state index contributed by atoms with van der Waals surface area (Å²) in [5.74, 6) is 0.374. The monoisotopic (exact) mass is 262 g/mol. The number of Topliss-reactive ketones (excluding diaryl/α,β-unsaturated/α-hetero) is 1. The summed E-state index contributed by atoms with van der Waals surface area (Å²) in [6.07, 6.45) is 6.13. The number of hydrogen-bond donors (Lipinski definition) is 0. The molecule has 0 radical (unpaired) electrons. The molecule has 1 atom stereocenters. The predicted molar refractivity (Wildman–Crippen MR) is 72.2 cm³/mol. The highest BCUT2D eigenvalue weighted by atomic mass is 16.5. The van der Waals surface area contributed by atoms with Crippen molar-refractivity contribution in [3.8, 4) is 0 Å². The third-order valence-electron chi connectivity index (χ3n) is 4.67. The summed E-state index contributed by atoms with van der Waals surface area (Å²) in [5, 5.41) is 4.38. The lowest BCUT2D eigenvalue weighted by atomic mass is 9.71. The van der Waals surface area contributed by atoms with Gasteiger partial charge in [0.1, 0.15) is 5.69 Å². The van der Waals surface area contributed by atoms with Crippen molar-refractivity contribution in [1.29, 1.82) is 0 Å². The Bertz CT molecular complexity index is 488. The highest BCUT2D eigenvalue weighted by Crippen LogP contribution is 2.44. The lowest BCUT2D eigenvalue weighted by Gasteiger charge is -2.46. The summed E-state index contributed by atoms with van der Waals surface area (Å²) >= 11 is 0. The van der Waals surface area contributed by atoms with Crippen molar-refractivity contribution in [2.24, 2.45) is 13.0 Å². The number of hydrogen-bond acceptors (Lipinski definition) is 3. The Balaban J connectivity index is 1.77. The minimum atomic E-state index is 0.0325. The molecule has 1 spiro atoms. The molecule has 2 fully saturated rings. The molecule has 1 aliphatic carbocycles. The highest BCUT2D eigenvalue weighted by molar-refractivity contribution is 5.96. The SMILES string of the molecule is CCc1cc(C(=O)C2CCOC3(CCC3)C2)n(C)n1. The number of carbonyl (C=O) groups excluding carboxylic acids is 1. The number of rotatable bonds is 3. The largest absolute Gasteiger partial charge is 0.375 e. The van der Waals surface area contributed by atoms with E-state index in [-0.39, 0.29) is 17.3 Å². The van der Waals surface area contributed by atoms with Gasteiger partial charge in [-0.3, -0.25) is 9.48 Å². The van der Waals surface area contributed by atoms with Gasteiger partial charge in [0.2, 0.25) is 0 Å². The molecule has 1 aliphatic heterocycles. The van der Waals surface area contributed by atoms with Crippen molar-refractivity contribution in [3.05, 3.63) is 17.5 Å². The van der Waals surface area contributed by atoms with Crippen LogP contribution in [0.4, 0.5) is 0 Å². The quantitative estimate of drug-likeness (QED) is 0.786. The Hall–Kier alpha value is -1.16. The summed E-state index contributed by atoms with van der Waals surface area (Å²) in [7, 11) is 1.87. The second kappa shape index (κ2) is 4.75. The molecule has 3 rings (SSSR count). The van der Waals surface area contributed by atoms with Crippen molar-refractivity contribution < 1.29 is 9.53 Å². The van der Waals surface area contributed by atoms with Gasteiger partial charge in [-0.15, -0.1) is 0 Å². The van der Waals surface area contributed by atoms with E-state index in [9.17, 15) is 4.79 Å². The van der Waals surface area contributed by atoms with Crippen molar-refractivity contribution in [3.63, 3.8) is 0 Å². The Morgan fingerprint density at radius 3 is 2.95 bits per heavy atom. The summed E-state index contributed by atoms with van der Waals surface area (Å²) in [6, 6.07) is 1.95. The van der Waals surface area contributed by atoms with Gasteiger partial charge < -0.3 is 4.74 Å². The average Bonchev–Trinajstić information content (AvgIpc) is 2.77. The summed E-state index contributed by atoms with van der Waals surface area (Å²) in [6.45, 7) is 2.79. The van der Waals surface area contributed by atoms with Gasteiger partial charge in [0, 0.05) is 19.6 Å². The fraction of sp³-hybridized carbons (Fsp3) is 0.733. The van der Waals surface area contributed by atoms with Crippen molar-refractivity contribution in [2.45, 2.75) is 51.0 Å². The van der Waals surface area contributed by atoms with Crippen LogP contribution in [0, 0.1) is 5.92 Å². The first-order chi connectivity index (χ1) is 9.13. The van der Waals surface area contributed by atoms with Crippen LogP contribution in [0.25, 0.3) is 0 Å². The van der Waals surface area contributed by atoms with E-state index in [1.807, 2.05) is 13.1 Å². The molecule has 2 aliphatic rings. The van der Waals surface area contributed by atoms with Gasteiger partial charge in [-0.05, 0) is 44.6 Å². The number of aromatic nitrogens is 2. The Kier molecular flexibility index (Phi) is 3.21. The number of nitrogens with zero attached hydrogens (tertiary/aromatic N) is 2. The summed E-state index contributed by atoms with van der Waals surface area (Å²) < 4.78 is 7.64. The fourth-order valence-corrected chi connectivity index (χ4v) is 3.31. The van der Waals surface area contributed by atoms with Crippen molar-refractivity contribution in [2.75, 3.05) is 6.61 Å². The second-order valence-electron chi connectivity index (χ2n) is 5.94. The van der Waals surface area contributed by atoms with E-state index in [0.29, 0.717) is 0 Å². The molecule has 1 saturated carbocycles. The third kappa shape index (κ3) is 2.22. The van der Waals surface area contributed by atoms with Crippen molar-refractivity contribution in [1.82, 2.24) is 9.78 Å². The molecular weight excluding hydrogens is 240 g/mol. The van der Waals surface area contributed by atoms with Gasteiger partial charge in [-0.2, -0.15) is 5.10 Å². The first-order valence-electron chi connectivity index (χ1n) is 7.35. The zero-order valence-electron chi connectivity index (χ0n) is 11.8. The molecular formula is C15H22N2O2. The lowest BCUT2D eigenvalue weighted by Crippen LogP contribution is -2.47. The van der Waals surface area contributed by atoms with Crippen LogP contribution in [-0.4, -0.2) is 27.8 Å². The maximum absolute atomic E-state index is 12.7. The Morgan fingerprint density at radius 2 is 2.37 bits per heavy atom. The Labute approximate surface area is 114 Å². The molecule has 104 valence electrons. The minimum Gasteiger partial charge on any atom is -0.375 e. The van der Waals surface area contributed by atoms with Gasteiger partial charge in [-0.25, -0.2) is 0 Å². The number of carbonyl (C=O) groups is 1. The molecule has 2 heterocycles. The van der Waals surface area contributed by atoms with Crippen LogP contribution in [0.1, 0.15) is 55.2 Å². The predicted octanol–water partition coefficient (Wildman–Crippen LogP) is 2.51. The lowest BCUT2D eigenvalue weighted by molar-refractivity contribution is -0.137. The number of aryl methyl sites for hydroxylation is 2. The molecule has 4 nitrogen and oxygen atoms in total. The standard InChI is InChI=1S/C15H22N2O2/c1-3-12-9-13(17(2)16-12)14(18)11-5-8-19-15(10-11)6-4-7-15/h9,11H,3-8,10H2,1-2H3. The van der Waals surface area contributed by atoms with Crippen LogP contribution in [-0.2, 0) is 18.2 Å². The normalized spacial score (nSPS) is 25.3. The zero-order chi connectivity index (χ0) is 13.5. The van der Waals surface area contributed by atoms with E-state index in [2.05, 4.69) is 12.0 Å². The van der Waals surface area contributed by atoms with Crippen LogP contribution >= 0.6 is 0 Å². The van der Waals surface area contributed by atoms with Gasteiger partial charge in [0.15, 0.2) is 5.78 Å². The minimum absolute atomic E-state index is 0.0325. The molecule has 0 amide bonds. The van der Waals surface area contributed by atoms with E-state index in [0.717, 1.165) is 50.1 Å². The van der Waals surface area contributed by atoms with E-state index in [1.54, 1.807) is 4.68 Å². The topological polar surface area (TPSA) is 44.1 Å². The highest BCUT2D eigenvalue weighted by Gasteiger charge is 2.44. The first-order valence-corrected chi connectivity index (χ1v) is 7.35. The molecule has 0 bridgehead atoms. The molecule has 1 aromatic rings. The van der Waals surface area contributed by atoms with Crippen LogP contribution in [0.2, 0.25) is 0 Å². The molecule has 0 aromatic carbocycles. The van der Waals surface area contributed by atoms with Crippen molar-refractivity contribution >= 4 is 5.78 Å². The first kappa shape index (κ1) is 12.9. The second-order valence-corrected chi connectivity index (χ2v) is 5.94. The summed E-state index contributed by atoms with van der Waals surface area (Å²) in [4.78, 5) is 12.7. The van der Waals surface area contributed by atoms with Crippen LogP contribution < -0.4 is 0 Å². The fourth-order valence-electron chi connectivity index (χ4n) is 3.31. The van der Waals surface area contributed by atoms with Gasteiger partial charge >= 0.3 is 0 Å². The van der Waals surface area contributed by atoms with Crippen LogP contribution in [0.15, 0.2) is 6.07 Å². The van der Waals surface area contributed by atoms with E-state index in [1.165, 1.54) is 6.42 Å². The number of ketones is 1. The summed E-state index contributed by atoms with van der Waals surface area (Å²) in [5.41, 5.74) is 1.79. The third-order valence-corrected chi connectivity index (χ3v) is 4.67. The molecule has 1 saturated heterocycles. The number of ether oxygens (including phenoxy) is 1. The van der Waals surface area contributed by atoms with E-state index < -0.39 is 0 Å². The van der Waals surface area contributed by atoms with Gasteiger partial charge in [0.25, 0.3) is 0 Å². The smallest absolute Gasteiger partial charge is 0.184 e. The zero-order valence-corrected chi connectivity index (χ0v) is 11.8. The van der Waals surface area contributed by atoms with Crippen LogP contribution in [0.5, 0.6) is 0 Å². The Morgan fingerprint density at radius 1 is 1.58 bits per heavy atom. The maximum Gasteiger partial charge on any atom is 0.184 e. The van der Waals surface area contributed by atoms with E-state index >= 15 is 0 Å². The average molecular weight is 262 g/mol. The molecule has 4 heteroatoms. The van der Waals surface area contributed by atoms with Gasteiger partial charge in [0.05, 0.1) is 11.3 Å². The van der Waals surface area contributed by atoms with E-state index in [4.69, 9.17) is 4.74 Å².